The number of nitrogens with two attached hydrogens (primary N) is 1. The summed E-state index contributed by atoms with van der Waals surface area (Å²) in [7, 11) is -1.87. The molecule has 66 valence electrons. The molecule has 0 aliphatic heterocycles. The van der Waals surface area contributed by atoms with Crippen molar-refractivity contribution in [3.05, 3.63) is 0 Å². The van der Waals surface area contributed by atoms with E-state index in [0.29, 0.717) is 6.42 Å². The fraction of sp³-hybridized carbons (Fsp3) is 1.00. The van der Waals surface area contributed by atoms with E-state index in [1.165, 1.54) is 7.11 Å². The highest BCUT2D eigenvalue weighted by molar-refractivity contribution is 7.89. The van der Waals surface area contributed by atoms with Gasteiger partial charge in [0.1, 0.15) is 5.25 Å². The molecule has 0 bridgehead atoms. The zero-order valence-corrected chi connectivity index (χ0v) is 7.30. The van der Waals surface area contributed by atoms with Crippen LogP contribution in [0.15, 0.2) is 0 Å². The summed E-state index contributed by atoms with van der Waals surface area (Å²) in [6, 6.07) is 0. The molecule has 5 heteroatoms. The standard InChI is InChI=1S/C6H13NO3S/c1-10-5-3-2-4-6(5)11(7,8)9/h5-6H,2-4H2,1H3,(H2,7,8,9)/t5-,6+/m0/s1. The van der Waals surface area contributed by atoms with Crippen LogP contribution in [0.4, 0.5) is 0 Å². The molecule has 11 heavy (non-hydrogen) atoms. The molecule has 1 rings (SSSR count). The second kappa shape index (κ2) is 3.08. The normalized spacial score (nSPS) is 32.5. The maximum Gasteiger partial charge on any atom is 0.214 e. The number of rotatable bonds is 2. The molecule has 1 fully saturated rings. The predicted molar refractivity (Wildman–Crippen MR) is 41.5 cm³/mol. The quantitative estimate of drug-likeness (QED) is 0.640. The first-order valence-corrected chi connectivity index (χ1v) is 5.21. The van der Waals surface area contributed by atoms with Crippen LogP contribution in [0.2, 0.25) is 0 Å². The van der Waals surface area contributed by atoms with Gasteiger partial charge in [-0.15, -0.1) is 0 Å². The summed E-state index contributed by atoms with van der Waals surface area (Å²) >= 11 is 0. The van der Waals surface area contributed by atoms with Crippen molar-refractivity contribution in [1.82, 2.24) is 0 Å². The van der Waals surface area contributed by atoms with Crippen molar-refractivity contribution in [2.24, 2.45) is 5.14 Å². The average Bonchev–Trinajstić information content (AvgIpc) is 2.31. The Kier molecular flexibility index (Phi) is 2.51. The van der Waals surface area contributed by atoms with E-state index in [2.05, 4.69) is 0 Å². The van der Waals surface area contributed by atoms with Crippen molar-refractivity contribution in [3.63, 3.8) is 0 Å². The summed E-state index contributed by atoms with van der Waals surface area (Å²) in [6.45, 7) is 0. The monoisotopic (exact) mass is 179 g/mol. The molecule has 2 N–H and O–H groups in total. The minimum absolute atomic E-state index is 0.190. The van der Waals surface area contributed by atoms with Crippen molar-refractivity contribution in [2.75, 3.05) is 7.11 Å². The smallest absolute Gasteiger partial charge is 0.214 e. The molecule has 1 aliphatic carbocycles. The average molecular weight is 179 g/mol. The number of sulfonamides is 1. The van der Waals surface area contributed by atoms with Gasteiger partial charge in [-0.2, -0.15) is 0 Å². The van der Waals surface area contributed by atoms with Gasteiger partial charge in [0, 0.05) is 7.11 Å². The summed E-state index contributed by atoms with van der Waals surface area (Å²) in [5.41, 5.74) is 0. The third kappa shape index (κ3) is 1.91. The first kappa shape index (κ1) is 8.96. The summed E-state index contributed by atoms with van der Waals surface area (Å²) < 4.78 is 26.8. The fourth-order valence-corrected chi connectivity index (χ4v) is 2.70. The Labute approximate surface area is 66.8 Å². The number of primary sulfonamides is 1. The van der Waals surface area contributed by atoms with Crippen molar-refractivity contribution < 1.29 is 13.2 Å². The lowest BCUT2D eigenvalue weighted by Crippen LogP contribution is -2.35. The van der Waals surface area contributed by atoms with Gasteiger partial charge in [-0.3, -0.25) is 0 Å². The second-order valence-electron chi connectivity index (χ2n) is 2.83. The Balaban J connectivity index is 2.72. The fourth-order valence-electron chi connectivity index (χ4n) is 1.54. The molecule has 0 saturated heterocycles. The second-order valence-corrected chi connectivity index (χ2v) is 4.62. The Hall–Kier alpha value is -0.130. The largest absolute Gasteiger partial charge is 0.380 e. The number of methoxy groups -OCH3 is 1. The molecule has 4 nitrogen and oxygen atoms in total. The Morgan fingerprint density at radius 3 is 2.45 bits per heavy atom. The molecular weight excluding hydrogens is 166 g/mol. The summed E-state index contributed by atoms with van der Waals surface area (Å²) in [5.74, 6) is 0. The van der Waals surface area contributed by atoms with E-state index in [1.807, 2.05) is 0 Å². The maximum absolute atomic E-state index is 10.9. The van der Waals surface area contributed by atoms with Crippen LogP contribution in [0.25, 0.3) is 0 Å². The van der Waals surface area contributed by atoms with Gasteiger partial charge >= 0.3 is 0 Å². The van der Waals surface area contributed by atoms with Crippen molar-refractivity contribution in [1.29, 1.82) is 0 Å². The van der Waals surface area contributed by atoms with E-state index in [1.54, 1.807) is 0 Å². The number of hydrogen-bond donors (Lipinski definition) is 1. The molecule has 2 atom stereocenters. The van der Waals surface area contributed by atoms with Crippen molar-refractivity contribution >= 4 is 10.0 Å². The highest BCUT2D eigenvalue weighted by Crippen LogP contribution is 2.25. The first-order valence-electron chi connectivity index (χ1n) is 3.60. The van der Waals surface area contributed by atoms with Crippen LogP contribution >= 0.6 is 0 Å². The zero-order chi connectivity index (χ0) is 8.48. The van der Waals surface area contributed by atoms with E-state index < -0.39 is 15.3 Å². The molecule has 0 aromatic rings. The van der Waals surface area contributed by atoms with Gasteiger partial charge in [0.15, 0.2) is 0 Å². The molecule has 0 aromatic carbocycles. The van der Waals surface area contributed by atoms with Gasteiger partial charge in [-0.1, -0.05) is 0 Å². The van der Waals surface area contributed by atoms with E-state index in [9.17, 15) is 8.42 Å². The van der Waals surface area contributed by atoms with Crippen LogP contribution < -0.4 is 5.14 Å². The lowest BCUT2D eigenvalue weighted by Gasteiger charge is -2.14. The third-order valence-electron chi connectivity index (χ3n) is 2.12. The highest BCUT2D eigenvalue weighted by atomic mass is 32.2. The molecule has 0 heterocycles. The SMILES string of the molecule is CO[C@H]1CCC[C@H]1S(N)(=O)=O. The van der Waals surface area contributed by atoms with Gasteiger partial charge in [-0.25, -0.2) is 13.6 Å². The van der Waals surface area contributed by atoms with Crippen molar-refractivity contribution in [2.45, 2.75) is 30.6 Å². The molecule has 0 amide bonds. The lowest BCUT2D eigenvalue weighted by atomic mass is 10.3. The van der Waals surface area contributed by atoms with Crippen LogP contribution in [-0.4, -0.2) is 26.9 Å². The topological polar surface area (TPSA) is 69.4 Å². The van der Waals surface area contributed by atoms with E-state index in [4.69, 9.17) is 9.88 Å². The van der Waals surface area contributed by atoms with Crippen LogP contribution in [-0.2, 0) is 14.8 Å². The number of ether oxygens (including phenoxy) is 1. The van der Waals surface area contributed by atoms with Crippen LogP contribution in [0.5, 0.6) is 0 Å². The molecule has 1 saturated carbocycles. The van der Waals surface area contributed by atoms with E-state index in [-0.39, 0.29) is 6.10 Å². The lowest BCUT2D eigenvalue weighted by molar-refractivity contribution is 0.111. The Morgan fingerprint density at radius 2 is 2.09 bits per heavy atom. The van der Waals surface area contributed by atoms with Gasteiger partial charge in [0.05, 0.1) is 6.10 Å². The first-order chi connectivity index (χ1) is 5.05. The van der Waals surface area contributed by atoms with Gasteiger partial charge in [-0.05, 0) is 19.3 Å². The zero-order valence-electron chi connectivity index (χ0n) is 6.49. The van der Waals surface area contributed by atoms with E-state index >= 15 is 0 Å². The third-order valence-corrected chi connectivity index (χ3v) is 3.50. The van der Waals surface area contributed by atoms with Gasteiger partial charge in [0.2, 0.25) is 10.0 Å². The van der Waals surface area contributed by atoms with Crippen LogP contribution in [0.1, 0.15) is 19.3 Å². The highest BCUT2D eigenvalue weighted by Gasteiger charge is 2.35. The molecule has 0 aromatic heterocycles. The van der Waals surface area contributed by atoms with Crippen LogP contribution in [0, 0.1) is 0 Å². The minimum Gasteiger partial charge on any atom is -0.380 e. The van der Waals surface area contributed by atoms with E-state index in [0.717, 1.165) is 12.8 Å². The summed E-state index contributed by atoms with van der Waals surface area (Å²) in [5, 5.41) is 4.52. The Bertz CT molecular complexity index is 224. The maximum atomic E-state index is 10.9. The van der Waals surface area contributed by atoms with Crippen LogP contribution in [0.3, 0.4) is 0 Å². The number of hydrogen-bond acceptors (Lipinski definition) is 3. The molecular formula is C6H13NO3S. The minimum atomic E-state index is -3.39. The molecule has 0 unspecified atom stereocenters. The van der Waals surface area contributed by atoms with Crippen molar-refractivity contribution in [3.8, 4) is 0 Å². The predicted octanol–water partition coefficient (Wildman–Crippen LogP) is -0.158. The summed E-state index contributed by atoms with van der Waals surface area (Å²) in [4.78, 5) is 0. The Morgan fingerprint density at radius 1 is 1.45 bits per heavy atom. The molecule has 1 aliphatic rings. The van der Waals surface area contributed by atoms with Gasteiger partial charge < -0.3 is 4.74 Å². The molecule has 0 radical (unpaired) electrons. The van der Waals surface area contributed by atoms with Gasteiger partial charge in [0.25, 0.3) is 0 Å². The summed E-state index contributed by atoms with van der Waals surface area (Å²) in [6.07, 6.45) is 2.14. The molecule has 0 spiro atoms.